The van der Waals surface area contributed by atoms with Crippen LogP contribution < -0.4 is 10.1 Å². The summed E-state index contributed by atoms with van der Waals surface area (Å²) in [5, 5.41) is 2.97. The van der Waals surface area contributed by atoms with Gasteiger partial charge in [-0.05, 0) is 57.4 Å². The molecule has 22 heavy (non-hydrogen) atoms. The molecule has 0 saturated heterocycles. The Kier molecular flexibility index (Phi) is 4.86. The molecule has 0 aliphatic carbocycles. The lowest BCUT2D eigenvalue weighted by atomic mass is 10.1. The van der Waals surface area contributed by atoms with Gasteiger partial charge in [0, 0.05) is 5.69 Å². The summed E-state index contributed by atoms with van der Waals surface area (Å²) in [5.74, 6) is 0.604. The molecule has 0 aliphatic heterocycles. The molecule has 0 unspecified atom stereocenters. The summed E-state index contributed by atoms with van der Waals surface area (Å²) in [5.41, 5.74) is 5.17. The first kappa shape index (κ1) is 16.1. The van der Waals surface area contributed by atoms with Crippen molar-refractivity contribution in [2.45, 2.75) is 40.7 Å². The fraction of sp³-hybridized carbons (Fsp3) is 0.316. The normalized spacial score (nSPS) is 11.9. The maximum atomic E-state index is 12.4. The van der Waals surface area contributed by atoms with Crippen LogP contribution in [0.25, 0.3) is 0 Å². The molecule has 0 aliphatic rings. The largest absolute Gasteiger partial charge is 0.481 e. The zero-order valence-electron chi connectivity index (χ0n) is 13.9. The monoisotopic (exact) mass is 297 g/mol. The Morgan fingerprint density at radius 3 is 2.23 bits per heavy atom. The van der Waals surface area contributed by atoms with E-state index in [2.05, 4.69) is 5.32 Å². The molecule has 116 valence electrons. The summed E-state index contributed by atoms with van der Waals surface area (Å²) in [6.07, 6.45) is -0.555. The number of benzene rings is 2. The van der Waals surface area contributed by atoms with E-state index < -0.39 is 6.10 Å². The van der Waals surface area contributed by atoms with Crippen molar-refractivity contribution in [3.8, 4) is 5.75 Å². The smallest absolute Gasteiger partial charge is 0.265 e. The van der Waals surface area contributed by atoms with Crippen LogP contribution in [0.4, 0.5) is 5.69 Å². The second-order valence-electron chi connectivity index (χ2n) is 5.79. The number of carbonyl (C=O) groups is 1. The van der Waals surface area contributed by atoms with E-state index in [0.29, 0.717) is 0 Å². The van der Waals surface area contributed by atoms with Gasteiger partial charge in [-0.3, -0.25) is 4.79 Å². The van der Waals surface area contributed by atoms with E-state index >= 15 is 0 Å². The van der Waals surface area contributed by atoms with Crippen LogP contribution in [0.5, 0.6) is 5.75 Å². The van der Waals surface area contributed by atoms with Crippen molar-refractivity contribution in [1.29, 1.82) is 0 Å². The summed E-state index contributed by atoms with van der Waals surface area (Å²) in [6.45, 7) is 9.76. The van der Waals surface area contributed by atoms with Crippen molar-refractivity contribution >= 4 is 11.6 Å². The third-order valence-electron chi connectivity index (χ3n) is 3.73. The highest BCUT2D eigenvalue weighted by Crippen LogP contribution is 2.22. The quantitative estimate of drug-likeness (QED) is 0.912. The van der Waals surface area contributed by atoms with Gasteiger partial charge in [0.1, 0.15) is 5.75 Å². The van der Waals surface area contributed by atoms with Gasteiger partial charge in [0.25, 0.3) is 5.91 Å². The third-order valence-corrected chi connectivity index (χ3v) is 3.73. The van der Waals surface area contributed by atoms with Crippen molar-refractivity contribution in [2.24, 2.45) is 0 Å². The van der Waals surface area contributed by atoms with Gasteiger partial charge < -0.3 is 10.1 Å². The fourth-order valence-electron chi connectivity index (χ4n) is 2.41. The van der Waals surface area contributed by atoms with Crippen molar-refractivity contribution in [3.63, 3.8) is 0 Å². The summed E-state index contributed by atoms with van der Waals surface area (Å²) in [7, 11) is 0. The second kappa shape index (κ2) is 6.65. The Labute approximate surface area is 132 Å². The van der Waals surface area contributed by atoms with Crippen LogP contribution in [-0.2, 0) is 4.79 Å². The van der Waals surface area contributed by atoms with Gasteiger partial charge in [-0.15, -0.1) is 0 Å². The number of hydrogen-bond acceptors (Lipinski definition) is 2. The topological polar surface area (TPSA) is 38.3 Å². The van der Waals surface area contributed by atoms with Crippen molar-refractivity contribution in [2.75, 3.05) is 5.32 Å². The minimum Gasteiger partial charge on any atom is -0.481 e. The lowest BCUT2D eigenvalue weighted by Gasteiger charge is -2.18. The molecule has 2 rings (SSSR count). The van der Waals surface area contributed by atoms with E-state index in [1.54, 1.807) is 6.92 Å². The highest BCUT2D eigenvalue weighted by Gasteiger charge is 2.17. The van der Waals surface area contributed by atoms with E-state index in [-0.39, 0.29) is 5.91 Å². The zero-order valence-corrected chi connectivity index (χ0v) is 13.9. The molecule has 3 nitrogen and oxygen atoms in total. The summed E-state index contributed by atoms with van der Waals surface area (Å²) in [4.78, 5) is 12.4. The predicted octanol–water partition coefficient (Wildman–Crippen LogP) is 4.33. The first-order valence-electron chi connectivity index (χ1n) is 7.49. The Balaban J connectivity index is 2.09. The number of aryl methyl sites for hydroxylation is 4. The molecule has 1 amide bonds. The highest BCUT2D eigenvalue weighted by molar-refractivity contribution is 5.95. The molecule has 0 heterocycles. The number of rotatable bonds is 4. The molecule has 0 aromatic heterocycles. The van der Waals surface area contributed by atoms with Gasteiger partial charge >= 0.3 is 0 Å². The van der Waals surface area contributed by atoms with E-state index in [4.69, 9.17) is 4.74 Å². The van der Waals surface area contributed by atoms with E-state index in [0.717, 1.165) is 28.1 Å². The average molecular weight is 297 g/mol. The summed E-state index contributed by atoms with van der Waals surface area (Å²) >= 11 is 0. The van der Waals surface area contributed by atoms with Gasteiger partial charge in [0.2, 0.25) is 0 Å². The molecular formula is C19H23NO2. The standard InChI is InChI=1S/C19H23NO2/c1-12-9-10-17(15(4)11-12)22-16(5)19(21)20-18-13(2)7-6-8-14(18)3/h6-11,16H,1-5H3,(H,20,21)/t16-/m1/s1. The van der Waals surface area contributed by atoms with Gasteiger partial charge in [0.15, 0.2) is 6.10 Å². The Morgan fingerprint density at radius 1 is 1.00 bits per heavy atom. The van der Waals surface area contributed by atoms with Crippen molar-refractivity contribution in [1.82, 2.24) is 0 Å². The lowest BCUT2D eigenvalue weighted by Crippen LogP contribution is -2.30. The number of hydrogen-bond donors (Lipinski definition) is 1. The van der Waals surface area contributed by atoms with Crippen molar-refractivity contribution < 1.29 is 9.53 Å². The number of carbonyl (C=O) groups excluding carboxylic acids is 1. The minimum absolute atomic E-state index is 0.141. The highest BCUT2D eigenvalue weighted by atomic mass is 16.5. The summed E-state index contributed by atoms with van der Waals surface area (Å²) < 4.78 is 5.80. The second-order valence-corrected chi connectivity index (χ2v) is 5.79. The Morgan fingerprint density at radius 2 is 1.64 bits per heavy atom. The molecule has 1 atom stereocenters. The predicted molar refractivity (Wildman–Crippen MR) is 90.6 cm³/mol. The molecule has 0 saturated carbocycles. The lowest BCUT2D eigenvalue weighted by molar-refractivity contribution is -0.122. The van der Waals surface area contributed by atoms with Crippen LogP contribution in [-0.4, -0.2) is 12.0 Å². The molecular weight excluding hydrogens is 274 g/mol. The van der Waals surface area contributed by atoms with Crippen LogP contribution in [0.3, 0.4) is 0 Å². The van der Waals surface area contributed by atoms with Gasteiger partial charge in [-0.1, -0.05) is 35.9 Å². The van der Waals surface area contributed by atoms with Crippen LogP contribution in [0.15, 0.2) is 36.4 Å². The first-order valence-corrected chi connectivity index (χ1v) is 7.49. The number of ether oxygens (including phenoxy) is 1. The molecule has 0 bridgehead atoms. The third kappa shape index (κ3) is 3.67. The maximum absolute atomic E-state index is 12.4. The van der Waals surface area contributed by atoms with Gasteiger partial charge in [-0.25, -0.2) is 0 Å². The van der Waals surface area contributed by atoms with E-state index in [1.165, 1.54) is 5.56 Å². The van der Waals surface area contributed by atoms with Crippen LogP contribution in [0.2, 0.25) is 0 Å². The molecule has 2 aromatic carbocycles. The maximum Gasteiger partial charge on any atom is 0.265 e. The average Bonchev–Trinajstić information content (AvgIpc) is 2.45. The minimum atomic E-state index is -0.555. The van der Waals surface area contributed by atoms with Crippen LogP contribution in [0.1, 0.15) is 29.2 Å². The van der Waals surface area contributed by atoms with Gasteiger partial charge in [-0.2, -0.15) is 0 Å². The zero-order chi connectivity index (χ0) is 16.3. The molecule has 0 spiro atoms. The number of anilines is 1. The first-order chi connectivity index (χ1) is 10.4. The van der Waals surface area contributed by atoms with Gasteiger partial charge in [0.05, 0.1) is 0 Å². The van der Waals surface area contributed by atoms with E-state index in [9.17, 15) is 4.79 Å². The Bertz CT molecular complexity index is 672. The molecule has 1 N–H and O–H groups in total. The fourth-order valence-corrected chi connectivity index (χ4v) is 2.41. The number of nitrogens with one attached hydrogen (secondary N) is 1. The molecule has 0 radical (unpaired) electrons. The van der Waals surface area contributed by atoms with E-state index in [1.807, 2.05) is 64.1 Å². The molecule has 3 heteroatoms. The van der Waals surface area contributed by atoms with Crippen LogP contribution in [0, 0.1) is 27.7 Å². The van der Waals surface area contributed by atoms with Crippen LogP contribution >= 0.6 is 0 Å². The SMILES string of the molecule is Cc1ccc(O[C@H](C)C(=O)Nc2c(C)cccc2C)c(C)c1. The summed E-state index contributed by atoms with van der Waals surface area (Å²) in [6, 6.07) is 11.9. The Hall–Kier alpha value is -2.29. The van der Waals surface area contributed by atoms with Crippen molar-refractivity contribution in [3.05, 3.63) is 58.7 Å². The molecule has 0 fully saturated rings. The molecule has 2 aromatic rings. The number of para-hydroxylation sites is 1. The number of amides is 1.